The van der Waals surface area contributed by atoms with Crippen LogP contribution in [-0.2, 0) is 9.59 Å². The molecule has 0 bridgehead atoms. The fraction of sp³-hybridized carbons (Fsp3) is 0.333. The van der Waals surface area contributed by atoms with Crippen LogP contribution in [0.15, 0.2) is 42.7 Å². The molecule has 26 heavy (non-hydrogen) atoms. The maximum Gasteiger partial charge on any atom is 0.251 e. The highest BCUT2D eigenvalue weighted by molar-refractivity contribution is 14.1. The van der Waals surface area contributed by atoms with E-state index in [4.69, 9.17) is 0 Å². The third-order valence-electron chi connectivity index (χ3n) is 4.80. The van der Waals surface area contributed by atoms with Gasteiger partial charge in [-0.15, -0.1) is 0 Å². The number of anilines is 2. The van der Waals surface area contributed by atoms with E-state index in [1.807, 2.05) is 24.3 Å². The molecular weight excluding hydrogens is 445 g/mol. The van der Waals surface area contributed by atoms with Gasteiger partial charge in [0.05, 0.1) is 18.2 Å². The van der Waals surface area contributed by atoms with Gasteiger partial charge < -0.3 is 4.90 Å². The number of halogens is 1. The Morgan fingerprint density at radius 2 is 1.62 bits per heavy atom. The van der Waals surface area contributed by atoms with Gasteiger partial charge in [-0.25, -0.2) is 14.9 Å². The maximum atomic E-state index is 12.9. The number of hydrogen-bond donors (Lipinski definition) is 0. The van der Waals surface area contributed by atoms with E-state index in [-0.39, 0.29) is 24.3 Å². The van der Waals surface area contributed by atoms with Crippen molar-refractivity contribution in [3.05, 3.63) is 46.3 Å². The Bertz CT molecular complexity index is 806. The first-order chi connectivity index (χ1) is 12.6. The van der Waals surface area contributed by atoms with E-state index in [0.717, 1.165) is 16.7 Å². The number of imide groups is 1. The van der Waals surface area contributed by atoms with Crippen LogP contribution in [0.2, 0.25) is 0 Å². The quantitative estimate of drug-likeness (QED) is 0.508. The molecule has 2 amide bonds. The van der Waals surface area contributed by atoms with E-state index in [1.165, 1.54) is 4.90 Å². The fourth-order valence-corrected chi connectivity index (χ4v) is 3.81. The zero-order valence-electron chi connectivity index (χ0n) is 14.1. The molecule has 2 aromatic rings. The first-order valence-electron chi connectivity index (χ1n) is 8.52. The molecule has 2 fully saturated rings. The topological polar surface area (TPSA) is 69.6 Å². The van der Waals surface area contributed by atoms with Gasteiger partial charge in [0.25, 0.3) is 5.91 Å². The van der Waals surface area contributed by atoms with Crippen LogP contribution in [0.3, 0.4) is 0 Å². The zero-order valence-corrected chi connectivity index (χ0v) is 16.2. The summed E-state index contributed by atoms with van der Waals surface area (Å²) in [4.78, 5) is 39.4. The van der Waals surface area contributed by atoms with Gasteiger partial charge in [-0.05, 0) is 52.9 Å². The normalized spacial score (nSPS) is 21.5. The summed E-state index contributed by atoms with van der Waals surface area (Å²) in [6.07, 6.45) is 3.70. The van der Waals surface area contributed by atoms with Crippen molar-refractivity contribution < 1.29 is 9.59 Å². The summed E-state index contributed by atoms with van der Waals surface area (Å²) in [5.74, 6) is 0.456. The van der Waals surface area contributed by atoms with Crippen molar-refractivity contribution in [2.45, 2.75) is 12.5 Å². The van der Waals surface area contributed by atoms with Crippen molar-refractivity contribution in [2.24, 2.45) is 0 Å². The summed E-state index contributed by atoms with van der Waals surface area (Å²) in [7, 11) is 0. The van der Waals surface area contributed by atoms with Crippen LogP contribution in [0.1, 0.15) is 6.42 Å². The molecule has 0 saturated carbocycles. The van der Waals surface area contributed by atoms with Crippen LogP contribution in [0.4, 0.5) is 11.6 Å². The fourth-order valence-electron chi connectivity index (χ4n) is 3.45. The van der Waals surface area contributed by atoms with Crippen molar-refractivity contribution in [3.8, 4) is 0 Å². The molecule has 2 aliphatic rings. The van der Waals surface area contributed by atoms with E-state index >= 15 is 0 Å². The minimum absolute atomic E-state index is 0.124. The molecule has 2 aliphatic heterocycles. The number of rotatable bonds is 3. The number of aromatic nitrogens is 2. The van der Waals surface area contributed by atoms with E-state index < -0.39 is 0 Å². The number of benzene rings is 1. The number of amides is 2. The lowest BCUT2D eigenvalue weighted by Gasteiger charge is -2.36. The van der Waals surface area contributed by atoms with Crippen LogP contribution in [0.5, 0.6) is 0 Å². The highest BCUT2D eigenvalue weighted by Crippen LogP contribution is 2.27. The van der Waals surface area contributed by atoms with Gasteiger partial charge in [0.2, 0.25) is 11.9 Å². The monoisotopic (exact) mass is 463 g/mol. The number of carbonyl (C=O) groups is 2. The highest BCUT2D eigenvalue weighted by atomic mass is 127. The summed E-state index contributed by atoms with van der Waals surface area (Å²) in [5.41, 5.74) is 0.652. The van der Waals surface area contributed by atoms with Crippen LogP contribution in [-0.4, -0.2) is 58.9 Å². The maximum absolute atomic E-state index is 12.9. The smallest absolute Gasteiger partial charge is 0.251 e. The summed E-state index contributed by atoms with van der Waals surface area (Å²) < 4.78 is 1.07. The first-order valence-corrected chi connectivity index (χ1v) is 9.60. The molecule has 1 unspecified atom stereocenters. The molecule has 4 rings (SSSR count). The van der Waals surface area contributed by atoms with E-state index in [2.05, 4.69) is 42.4 Å². The Hall–Kier alpha value is -2.07. The Balaban J connectivity index is 1.44. The molecule has 7 nitrogen and oxygen atoms in total. The van der Waals surface area contributed by atoms with Gasteiger partial charge in [0, 0.05) is 42.1 Å². The minimum Gasteiger partial charge on any atom is -0.338 e. The Kier molecular flexibility index (Phi) is 4.86. The van der Waals surface area contributed by atoms with Crippen LogP contribution in [0, 0.1) is 3.57 Å². The van der Waals surface area contributed by atoms with Gasteiger partial charge in [-0.3, -0.25) is 14.5 Å². The molecule has 0 radical (unpaired) electrons. The molecule has 0 spiro atoms. The summed E-state index contributed by atoms with van der Waals surface area (Å²) in [5, 5.41) is 0. The summed E-state index contributed by atoms with van der Waals surface area (Å²) in [6, 6.07) is 8.88. The molecule has 1 atom stereocenters. The second-order valence-corrected chi connectivity index (χ2v) is 7.58. The second-order valence-electron chi connectivity index (χ2n) is 6.34. The molecule has 134 valence electrons. The van der Waals surface area contributed by atoms with E-state index in [0.29, 0.717) is 24.7 Å². The number of piperazine rings is 1. The van der Waals surface area contributed by atoms with Crippen LogP contribution in [0.25, 0.3) is 0 Å². The van der Waals surface area contributed by atoms with Crippen molar-refractivity contribution >= 4 is 46.0 Å². The first kappa shape index (κ1) is 17.3. The predicted molar refractivity (Wildman–Crippen MR) is 106 cm³/mol. The molecule has 3 heterocycles. The Morgan fingerprint density at radius 3 is 2.27 bits per heavy atom. The van der Waals surface area contributed by atoms with Gasteiger partial charge in [-0.2, -0.15) is 0 Å². The SMILES string of the molecule is O=C1CC(N2CCN(c3ncccn3)CC2)C(=O)N1c1ccc(I)cc1. The molecule has 1 aromatic carbocycles. The Morgan fingerprint density at radius 1 is 0.962 bits per heavy atom. The van der Waals surface area contributed by atoms with Gasteiger partial charge >= 0.3 is 0 Å². The average Bonchev–Trinajstić information content (AvgIpc) is 2.98. The lowest BCUT2D eigenvalue weighted by Crippen LogP contribution is -2.53. The van der Waals surface area contributed by atoms with E-state index in [1.54, 1.807) is 18.5 Å². The third-order valence-corrected chi connectivity index (χ3v) is 5.52. The second kappa shape index (κ2) is 7.28. The third kappa shape index (κ3) is 3.30. The molecule has 0 N–H and O–H groups in total. The standard InChI is InChI=1S/C18H18IN5O2/c19-13-2-4-14(5-3-13)24-16(25)12-15(17(24)26)22-8-10-23(11-9-22)18-20-6-1-7-21-18/h1-7,15H,8-12H2. The Labute approximate surface area is 165 Å². The van der Waals surface area contributed by atoms with E-state index in [9.17, 15) is 9.59 Å². The minimum atomic E-state index is -0.374. The van der Waals surface area contributed by atoms with Crippen molar-refractivity contribution in [1.29, 1.82) is 0 Å². The number of nitrogens with zero attached hydrogens (tertiary/aromatic N) is 5. The van der Waals surface area contributed by atoms with Gasteiger partial charge in [0.1, 0.15) is 0 Å². The predicted octanol–water partition coefficient (Wildman–Crippen LogP) is 1.54. The van der Waals surface area contributed by atoms with Crippen molar-refractivity contribution in [2.75, 3.05) is 36.0 Å². The number of hydrogen-bond acceptors (Lipinski definition) is 6. The molecule has 8 heteroatoms. The van der Waals surface area contributed by atoms with Gasteiger partial charge in [-0.1, -0.05) is 0 Å². The summed E-state index contributed by atoms with van der Waals surface area (Å²) >= 11 is 2.20. The lowest BCUT2D eigenvalue weighted by molar-refractivity contribution is -0.123. The highest BCUT2D eigenvalue weighted by Gasteiger charge is 2.43. The van der Waals surface area contributed by atoms with Crippen LogP contribution >= 0.6 is 22.6 Å². The van der Waals surface area contributed by atoms with Crippen molar-refractivity contribution in [1.82, 2.24) is 14.9 Å². The summed E-state index contributed by atoms with van der Waals surface area (Å²) in [6.45, 7) is 2.90. The average molecular weight is 463 g/mol. The molecule has 0 aliphatic carbocycles. The molecule has 1 aromatic heterocycles. The van der Waals surface area contributed by atoms with Gasteiger partial charge in [0.15, 0.2) is 0 Å². The molecular formula is C18H18IN5O2. The molecule has 2 saturated heterocycles. The lowest BCUT2D eigenvalue weighted by atomic mass is 10.2. The largest absolute Gasteiger partial charge is 0.338 e. The van der Waals surface area contributed by atoms with Crippen molar-refractivity contribution in [3.63, 3.8) is 0 Å². The number of carbonyl (C=O) groups excluding carboxylic acids is 2. The van der Waals surface area contributed by atoms with Crippen LogP contribution < -0.4 is 9.80 Å². The zero-order chi connectivity index (χ0) is 18.1.